The molecule has 2 aliphatic rings. The van der Waals surface area contributed by atoms with E-state index in [1.54, 1.807) is 0 Å². The Morgan fingerprint density at radius 2 is 2.40 bits per heavy atom. The molecule has 1 aliphatic heterocycles. The highest BCUT2D eigenvalue weighted by Crippen LogP contribution is 2.54. The SMILES string of the molecule is O=C1CC2(CC2)[C@H](CO)N1. The van der Waals surface area contributed by atoms with Crippen LogP contribution in [0.15, 0.2) is 0 Å². The molecule has 1 saturated heterocycles. The highest BCUT2D eigenvalue weighted by Gasteiger charge is 2.54. The third-order valence-corrected chi connectivity index (χ3v) is 2.66. The van der Waals surface area contributed by atoms with E-state index in [-0.39, 0.29) is 24.0 Å². The molecule has 3 heteroatoms. The summed E-state index contributed by atoms with van der Waals surface area (Å²) in [6.45, 7) is 0.103. The molecule has 0 unspecified atom stereocenters. The Balaban J connectivity index is 2.13. The highest BCUT2D eigenvalue weighted by atomic mass is 16.3. The fourth-order valence-electron chi connectivity index (χ4n) is 1.77. The van der Waals surface area contributed by atoms with Crippen molar-refractivity contribution in [2.24, 2.45) is 5.41 Å². The Bertz CT molecular complexity index is 174. The first-order valence-electron chi connectivity index (χ1n) is 3.67. The summed E-state index contributed by atoms with van der Waals surface area (Å²) in [4.78, 5) is 10.8. The van der Waals surface area contributed by atoms with E-state index in [0.29, 0.717) is 6.42 Å². The van der Waals surface area contributed by atoms with Crippen LogP contribution in [-0.2, 0) is 4.79 Å². The van der Waals surface area contributed by atoms with Gasteiger partial charge in [-0.05, 0) is 12.8 Å². The summed E-state index contributed by atoms with van der Waals surface area (Å²) in [6, 6.07) is 0.0556. The van der Waals surface area contributed by atoms with Gasteiger partial charge in [-0.25, -0.2) is 0 Å². The Labute approximate surface area is 59.4 Å². The molecule has 1 amide bonds. The van der Waals surface area contributed by atoms with Gasteiger partial charge in [0.15, 0.2) is 0 Å². The van der Waals surface area contributed by atoms with E-state index >= 15 is 0 Å². The molecule has 2 rings (SSSR count). The lowest BCUT2D eigenvalue weighted by Gasteiger charge is -2.12. The topological polar surface area (TPSA) is 49.3 Å². The van der Waals surface area contributed by atoms with Crippen LogP contribution in [-0.4, -0.2) is 23.7 Å². The van der Waals surface area contributed by atoms with Gasteiger partial charge in [-0.15, -0.1) is 0 Å². The zero-order chi connectivity index (χ0) is 7.19. The Morgan fingerprint density at radius 1 is 1.70 bits per heavy atom. The maximum Gasteiger partial charge on any atom is 0.220 e. The highest BCUT2D eigenvalue weighted by molar-refractivity contribution is 5.80. The second kappa shape index (κ2) is 1.72. The molecule has 10 heavy (non-hydrogen) atoms. The van der Waals surface area contributed by atoms with Gasteiger partial charge in [-0.3, -0.25) is 4.79 Å². The number of hydrogen-bond donors (Lipinski definition) is 2. The molecule has 0 radical (unpaired) electrons. The Hall–Kier alpha value is -0.570. The van der Waals surface area contributed by atoms with Gasteiger partial charge in [0.25, 0.3) is 0 Å². The standard InChI is InChI=1S/C7H11NO2/c9-4-5-7(1-2-7)3-6(10)8-5/h5,9H,1-4H2,(H,8,10)/t5-/m0/s1. The number of aliphatic hydroxyl groups excluding tert-OH is 1. The van der Waals surface area contributed by atoms with E-state index < -0.39 is 0 Å². The quantitative estimate of drug-likeness (QED) is 0.524. The summed E-state index contributed by atoms with van der Waals surface area (Å²) < 4.78 is 0. The van der Waals surface area contributed by atoms with Gasteiger partial charge < -0.3 is 10.4 Å². The molecule has 2 N–H and O–H groups in total. The minimum atomic E-state index is 0.0556. The van der Waals surface area contributed by atoms with E-state index in [4.69, 9.17) is 5.11 Å². The summed E-state index contributed by atoms with van der Waals surface area (Å²) in [5.74, 6) is 0.108. The van der Waals surface area contributed by atoms with Crippen molar-refractivity contribution in [1.82, 2.24) is 5.32 Å². The molecule has 1 atom stereocenters. The van der Waals surface area contributed by atoms with Crippen molar-refractivity contribution in [2.75, 3.05) is 6.61 Å². The van der Waals surface area contributed by atoms with Crippen LogP contribution in [0.4, 0.5) is 0 Å². The van der Waals surface area contributed by atoms with Gasteiger partial charge in [0.1, 0.15) is 0 Å². The second-order valence-corrected chi connectivity index (χ2v) is 3.34. The number of carbonyl (C=O) groups excluding carboxylic acids is 1. The minimum Gasteiger partial charge on any atom is -0.394 e. The average molecular weight is 141 g/mol. The van der Waals surface area contributed by atoms with Crippen molar-refractivity contribution in [3.8, 4) is 0 Å². The maximum absolute atomic E-state index is 10.8. The second-order valence-electron chi connectivity index (χ2n) is 3.34. The number of aliphatic hydroxyl groups is 1. The van der Waals surface area contributed by atoms with Crippen molar-refractivity contribution in [3.63, 3.8) is 0 Å². The van der Waals surface area contributed by atoms with Crippen LogP contribution in [0.3, 0.4) is 0 Å². The van der Waals surface area contributed by atoms with Gasteiger partial charge in [-0.1, -0.05) is 0 Å². The minimum absolute atomic E-state index is 0.0556. The van der Waals surface area contributed by atoms with Crippen LogP contribution in [0, 0.1) is 5.41 Å². The van der Waals surface area contributed by atoms with E-state index in [1.807, 2.05) is 0 Å². The maximum atomic E-state index is 10.8. The fraction of sp³-hybridized carbons (Fsp3) is 0.857. The number of rotatable bonds is 1. The van der Waals surface area contributed by atoms with Gasteiger partial charge in [-0.2, -0.15) is 0 Å². The molecular weight excluding hydrogens is 130 g/mol. The van der Waals surface area contributed by atoms with Crippen LogP contribution < -0.4 is 5.32 Å². The predicted octanol–water partition coefficient (Wildman–Crippen LogP) is -0.353. The average Bonchev–Trinajstić information content (AvgIpc) is 2.55. The van der Waals surface area contributed by atoms with Gasteiger partial charge >= 0.3 is 0 Å². The van der Waals surface area contributed by atoms with E-state index in [2.05, 4.69) is 5.32 Å². The Morgan fingerprint density at radius 3 is 2.80 bits per heavy atom. The first-order valence-corrected chi connectivity index (χ1v) is 3.67. The fourth-order valence-corrected chi connectivity index (χ4v) is 1.77. The van der Waals surface area contributed by atoms with Crippen molar-refractivity contribution >= 4 is 5.91 Å². The molecule has 1 spiro atoms. The monoisotopic (exact) mass is 141 g/mol. The molecule has 56 valence electrons. The third kappa shape index (κ3) is 0.669. The van der Waals surface area contributed by atoms with Crippen molar-refractivity contribution < 1.29 is 9.90 Å². The number of carbonyl (C=O) groups is 1. The molecule has 3 nitrogen and oxygen atoms in total. The van der Waals surface area contributed by atoms with Crippen LogP contribution in [0.5, 0.6) is 0 Å². The summed E-state index contributed by atoms with van der Waals surface area (Å²) in [5, 5.41) is 11.6. The van der Waals surface area contributed by atoms with E-state index in [1.165, 1.54) is 0 Å². The molecule has 2 fully saturated rings. The molecule has 0 aromatic heterocycles. The predicted molar refractivity (Wildman–Crippen MR) is 35.3 cm³/mol. The summed E-state index contributed by atoms with van der Waals surface area (Å²) in [7, 11) is 0. The molecule has 0 aromatic rings. The van der Waals surface area contributed by atoms with Crippen molar-refractivity contribution in [2.45, 2.75) is 25.3 Å². The Kier molecular flexibility index (Phi) is 1.06. The molecule has 1 aliphatic carbocycles. The lowest BCUT2D eigenvalue weighted by atomic mass is 9.98. The van der Waals surface area contributed by atoms with Crippen molar-refractivity contribution in [1.29, 1.82) is 0 Å². The number of amides is 1. The lowest BCUT2D eigenvalue weighted by Crippen LogP contribution is -2.33. The zero-order valence-corrected chi connectivity index (χ0v) is 5.76. The largest absolute Gasteiger partial charge is 0.394 e. The van der Waals surface area contributed by atoms with E-state index in [9.17, 15) is 4.79 Å². The zero-order valence-electron chi connectivity index (χ0n) is 5.76. The summed E-state index contributed by atoms with van der Waals surface area (Å²) in [6.07, 6.45) is 2.85. The van der Waals surface area contributed by atoms with E-state index in [0.717, 1.165) is 12.8 Å². The smallest absolute Gasteiger partial charge is 0.220 e. The van der Waals surface area contributed by atoms with Crippen LogP contribution in [0.1, 0.15) is 19.3 Å². The first-order chi connectivity index (χ1) is 4.77. The molecule has 1 saturated carbocycles. The molecular formula is C7H11NO2. The molecule has 0 aromatic carbocycles. The summed E-state index contributed by atoms with van der Waals surface area (Å²) in [5.41, 5.74) is 0.172. The first kappa shape index (κ1) is 6.16. The lowest BCUT2D eigenvalue weighted by molar-refractivity contribution is -0.119. The van der Waals surface area contributed by atoms with Gasteiger partial charge in [0.2, 0.25) is 5.91 Å². The number of hydrogen-bond acceptors (Lipinski definition) is 2. The van der Waals surface area contributed by atoms with Gasteiger partial charge in [0.05, 0.1) is 12.6 Å². The third-order valence-electron chi connectivity index (χ3n) is 2.66. The normalized spacial score (nSPS) is 34.5. The number of nitrogens with one attached hydrogen (secondary N) is 1. The van der Waals surface area contributed by atoms with Crippen LogP contribution >= 0.6 is 0 Å². The van der Waals surface area contributed by atoms with Gasteiger partial charge in [0, 0.05) is 11.8 Å². The summed E-state index contributed by atoms with van der Waals surface area (Å²) >= 11 is 0. The molecule has 1 heterocycles. The van der Waals surface area contributed by atoms with Crippen LogP contribution in [0.2, 0.25) is 0 Å². The van der Waals surface area contributed by atoms with Crippen molar-refractivity contribution in [3.05, 3.63) is 0 Å². The molecule has 0 bridgehead atoms. The van der Waals surface area contributed by atoms with Crippen LogP contribution in [0.25, 0.3) is 0 Å².